The van der Waals surface area contributed by atoms with Crippen LogP contribution in [0.1, 0.15) is 42.8 Å². The highest BCUT2D eigenvalue weighted by Gasteiger charge is 2.28. The summed E-state index contributed by atoms with van der Waals surface area (Å²) < 4.78 is 6.20. The summed E-state index contributed by atoms with van der Waals surface area (Å²) in [5.74, 6) is 0. The van der Waals surface area contributed by atoms with Crippen molar-refractivity contribution in [2.24, 2.45) is 5.41 Å². The van der Waals surface area contributed by atoms with Crippen LogP contribution in [-0.2, 0) is 4.43 Å². The Morgan fingerprint density at radius 2 is 1.80 bits per heavy atom. The highest BCUT2D eigenvalue weighted by atomic mass is 28.3. The molecule has 1 rings (SSSR count). The molecule has 0 spiro atoms. The van der Waals surface area contributed by atoms with Crippen LogP contribution in [-0.4, -0.2) is 29.4 Å². The minimum absolute atomic E-state index is 0.00462. The van der Waals surface area contributed by atoms with Crippen LogP contribution in [0.15, 0.2) is 18.2 Å². The van der Waals surface area contributed by atoms with Crippen LogP contribution >= 0.6 is 0 Å². The monoisotopic (exact) mass is 292 g/mol. The van der Waals surface area contributed by atoms with E-state index in [-0.39, 0.29) is 11.5 Å². The highest BCUT2D eigenvalue weighted by Crippen LogP contribution is 2.38. The van der Waals surface area contributed by atoms with E-state index in [1.165, 1.54) is 0 Å². The van der Waals surface area contributed by atoms with E-state index in [0.717, 1.165) is 17.5 Å². The van der Waals surface area contributed by atoms with Gasteiger partial charge in [0.15, 0.2) is 0 Å². The normalized spacial score (nSPS) is 13.4. The largest absolute Gasteiger partial charge is 0.410 e. The average Bonchev–Trinajstić information content (AvgIpc) is 2.33. The Kier molecular flexibility index (Phi) is 5.54. The Balaban J connectivity index is 3.31. The fourth-order valence-electron chi connectivity index (χ4n) is 2.12. The van der Waals surface area contributed by atoms with Gasteiger partial charge in [0, 0.05) is 25.3 Å². The van der Waals surface area contributed by atoms with Crippen LogP contribution in [0.5, 0.6) is 0 Å². The Labute approximate surface area is 124 Å². The molecule has 111 valence electrons. The molecule has 3 nitrogen and oxygen atoms in total. The SMILES string of the molecule is CN(C)c1cc(C=O)cc(C(O[Si](C)C)C(C)(C)C)c1. The van der Waals surface area contributed by atoms with E-state index in [1.807, 2.05) is 31.1 Å². The minimum atomic E-state index is -0.817. The average molecular weight is 292 g/mol. The van der Waals surface area contributed by atoms with Crippen LogP contribution < -0.4 is 4.90 Å². The first-order valence-corrected chi connectivity index (χ1v) is 9.30. The molecule has 1 aromatic carbocycles. The molecule has 0 aliphatic rings. The van der Waals surface area contributed by atoms with E-state index >= 15 is 0 Å². The van der Waals surface area contributed by atoms with Crippen molar-refractivity contribution in [2.75, 3.05) is 19.0 Å². The van der Waals surface area contributed by atoms with Gasteiger partial charge in [-0.05, 0) is 42.3 Å². The van der Waals surface area contributed by atoms with E-state index in [0.29, 0.717) is 5.56 Å². The van der Waals surface area contributed by atoms with Gasteiger partial charge in [0.1, 0.15) is 6.29 Å². The summed E-state index contributed by atoms with van der Waals surface area (Å²) in [4.78, 5) is 13.2. The lowest BCUT2D eigenvalue weighted by molar-refractivity contribution is 0.0865. The van der Waals surface area contributed by atoms with Crippen LogP contribution in [0, 0.1) is 5.41 Å². The molecular formula is C16H26NO2Si. The van der Waals surface area contributed by atoms with Gasteiger partial charge in [0.2, 0.25) is 9.04 Å². The number of hydrogen-bond donors (Lipinski definition) is 0. The van der Waals surface area contributed by atoms with Crippen LogP contribution in [0.25, 0.3) is 0 Å². The van der Waals surface area contributed by atoms with Gasteiger partial charge in [-0.2, -0.15) is 0 Å². The number of hydrogen-bond acceptors (Lipinski definition) is 3. The van der Waals surface area contributed by atoms with Gasteiger partial charge in [-0.15, -0.1) is 0 Å². The third kappa shape index (κ3) is 4.46. The van der Waals surface area contributed by atoms with E-state index in [2.05, 4.69) is 39.9 Å². The molecule has 20 heavy (non-hydrogen) atoms. The summed E-state index contributed by atoms with van der Waals surface area (Å²) in [6.07, 6.45) is 0.907. The van der Waals surface area contributed by atoms with E-state index in [4.69, 9.17) is 4.43 Å². The number of nitrogens with zero attached hydrogens (tertiary/aromatic N) is 1. The molecule has 0 aromatic heterocycles. The second-order valence-electron chi connectivity index (χ2n) is 6.64. The van der Waals surface area contributed by atoms with Crippen molar-refractivity contribution in [1.29, 1.82) is 0 Å². The maximum Gasteiger partial charge on any atom is 0.205 e. The summed E-state index contributed by atoms with van der Waals surface area (Å²) in [7, 11) is 3.15. The number of benzene rings is 1. The topological polar surface area (TPSA) is 29.5 Å². The molecule has 0 N–H and O–H groups in total. The number of carbonyl (C=O) groups is 1. The quantitative estimate of drug-likeness (QED) is 0.608. The zero-order valence-corrected chi connectivity index (χ0v) is 14.7. The first-order valence-electron chi connectivity index (χ1n) is 6.89. The molecule has 0 bridgehead atoms. The smallest absolute Gasteiger partial charge is 0.205 e. The summed E-state index contributed by atoms with van der Waals surface area (Å²) >= 11 is 0. The van der Waals surface area contributed by atoms with Crippen molar-refractivity contribution in [3.63, 3.8) is 0 Å². The maximum absolute atomic E-state index is 11.2. The molecule has 0 fully saturated rings. The van der Waals surface area contributed by atoms with Gasteiger partial charge < -0.3 is 9.33 Å². The van der Waals surface area contributed by atoms with Gasteiger partial charge in [-0.3, -0.25) is 4.79 Å². The molecule has 4 heteroatoms. The van der Waals surface area contributed by atoms with Gasteiger partial charge in [-0.1, -0.05) is 20.8 Å². The number of aldehydes is 1. The van der Waals surface area contributed by atoms with E-state index < -0.39 is 9.04 Å². The standard InChI is InChI=1S/C16H26NO2Si/c1-16(2,3)15(19-20(6)7)13-8-12(11-18)9-14(10-13)17(4)5/h8-11,15H,1-7H3. The summed E-state index contributed by atoms with van der Waals surface area (Å²) in [5.41, 5.74) is 2.80. The zero-order chi connectivity index (χ0) is 15.5. The molecule has 0 heterocycles. The number of carbonyl (C=O) groups excluding carboxylic acids is 1. The molecule has 1 unspecified atom stereocenters. The Morgan fingerprint density at radius 3 is 2.20 bits per heavy atom. The van der Waals surface area contributed by atoms with Crippen LogP contribution in [0.3, 0.4) is 0 Å². The predicted molar refractivity (Wildman–Crippen MR) is 86.9 cm³/mol. The third-order valence-electron chi connectivity index (χ3n) is 3.06. The van der Waals surface area contributed by atoms with Crippen molar-refractivity contribution in [3.05, 3.63) is 29.3 Å². The van der Waals surface area contributed by atoms with Crippen LogP contribution in [0.4, 0.5) is 5.69 Å². The van der Waals surface area contributed by atoms with Crippen molar-refractivity contribution in [3.8, 4) is 0 Å². The molecule has 0 amide bonds. The summed E-state index contributed by atoms with van der Waals surface area (Å²) in [5, 5.41) is 0. The Bertz CT molecular complexity index is 464. The Morgan fingerprint density at radius 1 is 1.20 bits per heavy atom. The molecular weight excluding hydrogens is 266 g/mol. The second kappa shape index (κ2) is 6.55. The van der Waals surface area contributed by atoms with Gasteiger partial charge in [0.25, 0.3) is 0 Å². The van der Waals surface area contributed by atoms with Crippen molar-refractivity contribution in [2.45, 2.75) is 40.0 Å². The van der Waals surface area contributed by atoms with Gasteiger partial charge in [-0.25, -0.2) is 0 Å². The van der Waals surface area contributed by atoms with Gasteiger partial charge in [0.05, 0.1) is 6.10 Å². The fraction of sp³-hybridized carbons (Fsp3) is 0.562. The predicted octanol–water partition coefficient (Wildman–Crippen LogP) is 3.92. The lowest BCUT2D eigenvalue weighted by Gasteiger charge is -2.33. The fourth-order valence-corrected chi connectivity index (χ4v) is 3.08. The highest BCUT2D eigenvalue weighted by molar-refractivity contribution is 6.48. The van der Waals surface area contributed by atoms with E-state index in [9.17, 15) is 4.79 Å². The lowest BCUT2D eigenvalue weighted by Crippen LogP contribution is -2.26. The first kappa shape index (κ1) is 16.9. The first-order chi connectivity index (χ1) is 9.15. The molecule has 0 saturated carbocycles. The van der Waals surface area contributed by atoms with E-state index in [1.54, 1.807) is 0 Å². The van der Waals surface area contributed by atoms with Gasteiger partial charge >= 0.3 is 0 Å². The Hall–Kier alpha value is -1.13. The molecule has 1 atom stereocenters. The van der Waals surface area contributed by atoms with Crippen molar-refractivity contribution < 1.29 is 9.22 Å². The van der Waals surface area contributed by atoms with Crippen molar-refractivity contribution >= 4 is 21.0 Å². The van der Waals surface area contributed by atoms with Crippen molar-refractivity contribution in [1.82, 2.24) is 0 Å². The molecule has 1 radical (unpaired) electrons. The molecule has 1 aromatic rings. The van der Waals surface area contributed by atoms with Crippen LogP contribution in [0.2, 0.25) is 13.1 Å². The second-order valence-corrected chi connectivity index (χ2v) is 8.69. The number of rotatable bonds is 5. The summed E-state index contributed by atoms with van der Waals surface area (Å²) in [6, 6.07) is 5.97. The molecule has 0 aliphatic carbocycles. The minimum Gasteiger partial charge on any atom is -0.410 e. The number of anilines is 1. The molecule has 0 saturated heterocycles. The zero-order valence-electron chi connectivity index (χ0n) is 13.7. The maximum atomic E-state index is 11.2. The lowest BCUT2D eigenvalue weighted by atomic mass is 9.84. The third-order valence-corrected chi connectivity index (χ3v) is 3.76. The summed E-state index contributed by atoms with van der Waals surface area (Å²) in [6.45, 7) is 10.8. The molecule has 0 aliphatic heterocycles.